The van der Waals surface area contributed by atoms with Crippen LogP contribution in [0.2, 0.25) is 0 Å². The first-order valence-corrected chi connectivity index (χ1v) is 8.40. The Morgan fingerprint density at radius 3 is 2.36 bits per heavy atom. The summed E-state index contributed by atoms with van der Waals surface area (Å²) in [4.78, 5) is 23.8. The van der Waals surface area contributed by atoms with Crippen molar-refractivity contribution < 1.29 is 9.59 Å². The minimum atomic E-state index is -0.271. The van der Waals surface area contributed by atoms with Gasteiger partial charge < -0.3 is 10.6 Å². The van der Waals surface area contributed by atoms with E-state index >= 15 is 0 Å². The Morgan fingerprint density at radius 1 is 1.16 bits per heavy atom. The molecule has 2 amide bonds. The van der Waals surface area contributed by atoms with Gasteiger partial charge in [-0.05, 0) is 45.0 Å². The third kappa shape index (κ3) is 5.45. The molecule has 134 valence electrons. The predicted octanol–water partition coefficient (Wildman–Crippen LogP) is 2.67. The van der Waals surface area contributed by atoms with Crippen LogP contribution in [0.5, 0.6) is 0 Å². The monoisotopic (exact) mass is 342 g/mol. The molecule has 1 heterocycles. The van der Waals surface area contributed by atoms with Crippen LogP contribution in [-0.4, -0.2) is 27.1 Å². The molecule has 2 rings (SSSR count). The van der Waals surface area contributed by atoms with Gasteiger partial charge in [0, 0.05) is 35.3 Å². The zero-order chi connectivity index (χ0) is 18.6. The van der Waals surface area contributed by atoms with Gasteiger partial charge in [-0.15, -0.1) is 0 Å². The molecule has 1 aromatic heterocycles. The van der Waals surface area contributed by atoms with Gasteiger partial charge in [0.05, 0.1) is 11.9 Å². The van der Waals surface area contributed by atoms with Crippen LogP contribution >= 0.6 is 0 Å². The Balaban J connectivity index is 2.03. The predicted molar refractivity (Wildman–Crippen MR) is 97.5 cm³/mol. The quantitative estimate of drug-likeness (QED) is 0.877. The normalized spacial score (nSPS) is 11.4. The molecule has 0 bridgehead atoms. The number of hydrogen-bond donors (Lipinski definition) is 2. The maximum absolute atomic E-state index is 12.1. The summed E-state index contributed by atoms with van der Waals surface area (Å²) >= 11 is 0. The highest BCUT2D eigenvalue weighted by Crippen LogP contribution is 2.12. The first-order valence-electron chi connectivity index (χ1n) is 8.40. The summed E-state index contributed by atoms with van der Waals surface area (Å²) in [5, 5.41) is 10.1. The van der Waals surface area contributed by atoms with Gasteiger partial charge in [0.2, 0.25) is 5.91 Å². The van der Waals surface area contributed by atoms with Gasteiger partial charge in [-0.25, -0.2) is 4.68 Å². The first kappa shape index (κ1) is 18.7. The molecule has 0 aliphatic heterocycles. The maximum Gasteiger partial charge on any atom is 0.251 e. The van der Waals surface area contributed by atoms with Crippen LogP contribution in [-0.2, 0) is 11.3 Å². The molecule has 6 heteroatoms. The molecule has 2 N–H and O–H groups in total. The standard InChI is InChI=1S/C19H26N4O2/c1-13(2)17(24)20-10-14-11-21-23(12-14)16-8-6-15(7-9-16)18(25)22-19(3,4)5/h6-9,11-13H,10H2,1-5H3,(H,20,24)(H,22,25). The second-order valence-electron chi connectivity index (χ2n) is 7.42. The fourth-order valence-corrected chi connectivity index (χ4v) is 2.16. The van der Waals surface area contributed by atoms with Gasteiger partial charge >= 0.3 is 0 Å². The van der Waals surface area contributed by atoms with E-state index in [4.69, 9.17) is 0 Å². The van der Waals surface area contributed by atoms with Gasteiger partial charge in [0.25, 0.3) is 5.91 Å². The topological polar surface area (TPSA) is 76.0 Å². The summed E-state index contributed by atoms with van der Waals surface area (Å²) in [5.41, 5.74) is 2.11. The molecule has 0 atom stereocenters. The zero-order valence-corrected chi connectivity index (χ0v) is 15.5. The highest BCUT2D eigenvalue weighted by Gasteiger charge is 2.15. The Hall–Kier alpha value is -2.63. The summed E-state index contributed by atoms with van der Waals surface area (Å²) in [7, 11) is 0. The van der Waals surface area contributed by atoms with E-state index in [0.29, 0.717) is 12.1 Å². The van der Waals surface area contributed by atoms with Crippen LogP contribution in [0.3, 0.4) is 0 Å². The lowest BCUT2D eigenvalue weighted by atomic mass is 10.1. The number of nitrogens with zero attached hydrogens (tertiary/aromatic N) is 2. The van der Waals surface area contributed by atoms with Crippen molar-refractivity contribution in [3.8, 4) is 5.69 Å². The Bertz CT molecular complexity index is 740. The number of benzene rings is 1. The van der Waals surface area contributed by atoms with Crippen molar-refractivity contribution in [3.63, 3.8) is 0 Å². The van der Waals surface area contributed by atoms with E-state index in [1.807, 2.05) is 52.9 Å². The molecule has 0 fully saturated rings. The van der Waals surface area contributed by atoms with Gasteiger partial charge in [-0.1, -0.05) is 13.8 Å². The van der Waals surface area contributed by atoms with Gasteiger partial charge in [-0.2, -0.15) is 5.10 Å². The molecule has 0 aliphatic rings. The zero-order valence-electron chi connectivity index (χ0n) is 15.5. The van der Waals surface area contributed by atoms with Crippen LogP contribution in [0, 0.1) is 5.92 Å². The molecular formula is C19H26N4O2. The molecule has 6 nitrogen and oxygen atoms in total. The van der Waals surface area contributed by atoms with E-state index in [2.05, 4.69) is 15.7 Å². The van der Waals surface area contributed by atoms with Crippen molar-refractivity contribution in [3.05, 3.63) is 47.8 Å². The highest BCUT2D eigenvalue weighted by atomic mass is 16.2. The lowest BCUT2D eigenvalue weighted by Gasteiger charge is -2.20. The molecule has 0 unspecified atom stereocenters. The third-order valence-electron chi connectivity index (χ3n) is 3.51. The molecule has 0 saturated heterocycles. The third-order valence-corrected chi connectivity index (χ3v) is 3.51. The number of carbonyl (C=O) groups is 2. The number of amides is 2. The van der Waals surface area contributed by atoms with Crippen LogP contribution in [0.25, 0.3) is 5.69 Å². The molecule has 0 saturated carbocycles. The molecule has 1 aromatic carbocycles. The molecule has 25 heavy (non-hydrogen) atoms. The second-order valence-corrected chi connectivity index (χ2v) is 7.42. The van der Waals surface area contributed by atoms with Gasteiger partial charge in [0.15, 0.2) is 0 Å². The Morgan fingerprint density at radius 2 is 1.80 bits per heavy atom. The summed E-state index contributed by atoms with van der Waals surface area (Å²) < 4.78 is 1.72. The van der Waals surface area contributed by atoms with Crippen molar-refractivity contribution in [2.45, 2.75) is 46.7 Å². The van der Waals surface area contributed by atoms with E-state index in [1.165, 1.54) is 0 Å². The number of hydrogen-bond acceptors (Lipinski definition) is 3. The van der Waals surface area contributed by atoms with Crippen molar-refractivity contribution >= 4 is 11.8 Å². The van der Waals surface area contributed by atoms with Gasteiger partial charge in [0.1, 0.15) is 0 Å². The van der Waals surface area contributed by atoms with E-state index in [9.17, 15) is 9.59 Å². The summed E-state index contributed by atoms with van der Waals surface area (Å²) in [6.45, 7) is 10.0. The van der Waals surface area contributed by atoms with Crippen molar-refractivity contribution in [2.75, 3.05) is 0 Å². The van der Waals surface area contributed by atoms with Gasteiger partial charge in [-0.3, -0.25) is 9.59 Å². The molecule has 0 spiro atoms. The number of rotatable bonds is 5. The van der Waals surface area contributed by atoms with Crippen molar-refractivity contribution in [2.24, 2.45) is 5.92 Å². The van der Waals surface area contributed by atoms with E-state index in [0.717, 1.165) is 11.3 Å². The van der Waals surface area contributed by atoms with Crippen LogP contribution in [0.15, 0.2) is 36.7 Å². The lowest BCUT2D eigenvalue weighted by molar-refractivity contribution is -0.124. The molecule has 2 aromatic rings. The smallest absolute Gasteiger partial charge is 0.251 e. The maximum atomic E-state index is 12.1. The minimum absolute atomic E-state index is 0.0157. The van der Waals surface area contributed by atoms with Crippen molar-refractivity contribution in [1.29, 1.82) is 0 Å². The van der Waals surface area contributed by atoms with E-state index in [1.54, 1.807) is 23.0 Å². The fourth-order valence-electron chi connectivity index (χ4n) is 2.16. The lowest BCUT2D eigenvalue weighted by Crippen LogP contribution is -2.40. The van der Waals surface area contributed by atoms with Crippen molar-refractivity contribution in [1.82, 2.24) is 20.4 Å². The second kappa shape index (κ2) is 7.51. The molecular weight excluding hydrogens is 316 g/mol. The fraction of sp³-hybridized carbons (Fsp3) is 0.421. The molecule has 0 radical (unpaired) electrons. The van der Waals surface area contributed by atoms with Crippen LogP contribution in [0.1, 0.15) is 50.5 Å². The Labute approximate surface area is 148 Å². The average molecular weight is 342 g/mol. The van der Waals surface area contributed by atoms with Crippen LogP contribution < -0.4 is 10.6 Å². The summed E-state index contributed by atoms with van der Waals surface area (Å²) in [6, 6.07) is 7.25. The number of carbonyl (C=O) groups excluding carboxylic acids is 2. The van der Waals surface area contributed by atoms with E-state index in [-0.39, 0.29) is 23.3 Å². The summed E-state index contributed by atoms with van der Waals surface area (Å²) in [5.74, 6) is -0.125. The first-order chi connectivity index (χ1) is 11.7. The number of aromatic nitrogens is 2. The largest absolute Gasteiger partial charge is 0.352 e. The number of nitrogens with one attached hydrogen (secondary N) is 2. The molecule has 0 aliphatic carbocycles. The van der Waals surface area contributed by atoms with Crippen LogP contribution in [0.4, 0.5) is 0 Å². The summed E-state index contributed by atoms with van der Waals surface area (Å²) in [6.07, 6.45) is 3.59. The Kier molecular flexibility index (Phi) is 5.62. The van der Waals surface area contributed by atoms with E-state index < -0.39 is 0 Å². The minimum Gasteiger partial charge on any atom is -0.352 e. The highest BCUT2D eigenvalue weighted by molar-refractivity contribution is 5.94. The SMILES string of the molecule is CC(C)C(=O)NCc1cnn(-c2ccc(C(=O)NC(C)(C)C)cc2)c1. The average Bonchev–Trinajstić information content (AvgIpc) is 3.00.